The van der Waals surface area contributed by atoms with Gasteiger partial charge in [-0.2, -0.15) is 0 Å². The molecular formula is C89H148O16P2. The Morgan fingerprint density at radius 2 is 0.467 bits per heavy atom. The van der Waals surface area contributed by atoms with Crippen LogP contribution >= 0.6 is 15.6 Å². The van der Waals surface area contributed by atoms with Crippen LogP contribution in [0.2, 0.25) is 0 Å². The lowest BCUT2D eigenvalue weighted by atomic mass is 10.0. The van der Waals surface area contributed by atoms with E-state index >= 15 is 0 Å². The summed E-state index contributed by atoms with van der Waals surface area (Å²) in [6.45, 7) is 2.30. The molecule has 0 aromatic heterocycles. The van der Waals surface area contributed by atoms with Gasteiger partial charge in [0.25, 0.3) is 0 Å². The first-order chi connectivity index (χ1) is 52.2. The van der Waals surface area contributed by atoms with Crippen molar-refractivity contribution in [1.82, 2.24) is 0 Å². The fourth-order valence-electron chi connectivity index (χ4n) is 10.7. The molecule has 0 heterocycles. The molecule has 0 aliphatic rings. The maximum absolute atomic E-state index is 13.0. The minimum Gasteiger partial charge on any atom is -0.463 e. The first-order valence-electron chi connectivity index (χ1n) is 41.4. The summed E-state index contributed by atoms with van der Waals surface area (Å²) >= 11 is 0. The molecule has 0 radical (unpaired) electrons. The minimum absolute atomic E-state index is 0.0758. The summed E-state index contributed by atoms with van der Waals surface area (Å²) in [7, 11) is -9.81. The van der Waals surface area contributed by atoms with Gasteiger partial charge in [0.05, 0.1) is 26.4 Å². The topological polar surface area (TPSA) is 231 Å². The van der Waals surface area contributed by atoms with E-state index in [1.165, 1.54) is 83.5 Å². The van der Waals surface area contributed by atoms with Gasteiger partial charge in [0, 0.05) is 19.3 Å². The van der Waals surface area contributed by atoms with Crippen molar-refractivity contribution in [1.29, 1.82) is 0 Å². The molecule has 5 atom stereocenters. The van der Waals surface area contributed by atoms with Gasteiger partial charge in [-0.05, 0) is 148 Å². The minimum atomic E-state index is -4.95. The normalized spacial score (nSPS) is 14.8. The van der Waals surface area contributed by atoms with Crippen LogP contribution < -0.4 is 0 Å². The number of phosphoric ester groups is 2. The van der Waals surface area contributed by atoms with Crippen molar-refractivity contribution in [2.45, 2.75) is 334 Å². The van der Waals surface area contributed by atoms with Gasteiger partial charge in [-0.15, -0.1) is 0 Å². The number of ether oxygens (including phenoxy) is 3. The second-order valence-corrected chi connectivity index (χ2v) is 30.0. The molecule has 18 heteroatoms. The Labute approximate surface area is 650 Å². The molecular weight excluding hydrogens is 1390 g/mol. The highest BCUT2D eigenvalue weighted by Crippen LogP contribution is 2.45. The Hall–Kier alpha value is -5.09. The molecule has 0 saturated carbocycles. The van der Waals surface area contributed by atoms with Crippen molar-refractivity contribution in [2.75, 3.05) is 39.6 Å². The number of aliphatic hydroxyl groups is 2. The second-order valence-electron chi connectivity index (χ2n) is 27.1. The Bertz CT molecular complexity index is 2620. The first-order valence-corrected chi connectivity index (χ1v) is 44.4. The Kier molecular flexibility index (Phi) is 76.6. The fraction of sp³-hybridized carbons (Fsp3) is 0.652. The zero-order chi connectivity index (χ0) is 78.0. The molecule has 107 heavy (non-hydrogen) atoms. The van der Waals surface area contributed by atoms with Crippen LogP contribution in [-0.2, 0) is 55.8 Å². The van der Waals surface area contributed by atoms with Crippen LogP contribution in [0.5, 0.6) is 0 Å². The zero-order valence-electron chi connectivity index (χ0n) is 66.7. The van der Waals surface area contributed by atoms with Crippen LogP contribution in [0.3, 0.4) is 0 Å². The van der Waals surface area contributed by atoms with Crippen molar-refractivity contribution in [3.05, 3.63) is 170 Å². The molecule has 0 saturated heterocycles. The van der Waals surface area contributed by atoms with E-state index in [1.54, 1.807) is 0 Å². The highest BCUT2D eigenvalue weighted by Gasteiger charge is 2.29. The van der Waals surface area contributed by atoms with Gasteiger partial charge in [-0.25, -0.2) is 9.13 Å². The average molecular weight is 1540 g/mol. The molecule has 0 aliphatic carbocycles. The van der Waals surface area contributed by atoms with Crippen LogP contribution in [-0.4, -0.2) is 95.9 Å². The predicted molar refractivity (Wildman–Crippen MR) is 445 cm³/mol. The van der Waals surface area contributed by atoms with Gasteiger partial charge in [-0.3, -0.25) is 32.5 Å². The summed E-state index contributed by atoms with van der Waals surface area (Å²) in [6, 6.07) is 0. The predicted octanol–water partition coefficient (Wildman–Crippen LogP) is 24.8. The summed E-state index contributed by atoms with van der Waals surface area (Å²) in [6.07, 6.45) is 103. The van der Waals surface area contributed by atoms with Gasteiger partial charge < -0.3 is 34.2 Å². The van der Waals surface area contributed by atoms with Gasteiger partial charge in [0.15, 0.2) is 6.10 Å². The van der Waals surface area contributed by atoms with E-state index in [2.05, 4.69) is 191 Å². The Balaban J connectivity index is 4.46. The lowest BCUT2D eigenvalue weighted by Crippen LogP contribution is -2.30. The summed E-state index contributed by atoms with van der Waals surface area (Å²) in [5, 5.41) is 20.7. The van der Waals surface area contributed by atoms with Gasteiger partial charge in [-0.1, -0.05) is 319 Å². The Morgan fingerprint density at radius 1 is 0.262 bits per heavy atom. The highest BCUT2D eigenvalue weighted by atomic mass is 31.2. The molecule has 0 aliphatic heterocycles. The van der Waals surface area contributed by atoms with E-state index in [1.807, 2.05) is 0 Å². The fourth-order valence-corrected chi connectivity index (χ4v) is 12.3. The van der Waals surface area contributed by atoms with Crippen molar-refractivity contribution in [2.24, 2.45) is 0 Å². The van der Waals surface area contributed by atoms with Crippen molar-refractivity contribution < 1.29 is 75.8 Å². The molecule has 5 unspecified atom stereocenters. The molecule has 0 spiro atoms. The molecule has 0 bridgehead atoms. The van der Waals surface area contributed by atoms with Gasteiger partial charge in [0.2, 0.25) is 0 Å². The molecule has 610 valence electrons. The number of unbranched alkanes of at least 4 members (excludes halogenated alkanes) is 26. The van der Waals surface area contributed by atoms with E-state index in [0.29, 0.717) is 19.3 Å². The van der Waals surface area contributed by atoms with Crippen molar-refractivity contribution in [3.8, 4) is 0 Å². The number of carbonyl (C=O) groups is 3. The maximum atomic E-state index is 13.0. The maximum Gasteiger partial charge on any atom is 0.472 e. The number of carbonyl (C=O) groups excluding carboxylic acids is 3. The standard InChI is InChI=1S/C89H148O16P2/c1-4-7-10-13-16-19-22-25-28-30-32-34-35-36-37-38-39-40-41-42-43-44-45-46-47-49-51-52-55-57-60-63-66-69-72-75-87(92)99-78-84(90)79-101-106(95,96)102-80-85(91)81-103-107(97,98)104-83-86(105-89(94)77-74-71-68-65-62-59-54-27-24-21-18-15-12-9-6-3)82-100-88(93)76-73-70-67-64-61-58-56-53-50-48-33-31-29-26-23-20-17-14-11-8-5-2/h7-12,16-21,25-29,32-34,36-37,39-40,48,53-54,56,84-86,90-91H,4-6,13-15,22-24,30-31,35,38,41-47,49-52,55,57-83H2,1-3H3,(H,95,96)(H,97,98)/b10-7-,11-8-,12-9-,19-16-,20-17-,21-18-,28-25-,29-26-,34-32-,37-36-,40-39-,48-33-,54-27-,56-53-. The highest BCUT2D eigenvalue weighted by molar-refractivity contribution is 7.47. The zero-order valence-corrected chi connectivity index (χ0v) is 68.5. The molecule has 0 rings (SSSR count). The van der Waals surface area contributed by atoms with Crippen LogP contribution in [0.1, 0.15) is 316 Å². The summed E-state index contributed by atoms with van der Waals surface area (Å²) in [5.74, 6) is -1.62. The smallest absolute Gasteiger partial charge is 0.463 e. The number of aliphatic hydroxyl groups excluding tert-OH is 2. The molecule has 0 fully saturated rings. The number of esters is 3. The lowest BCUT2D eigenvalue weighted by Gasteiger charge is -2.21. The van der Waals surface area contributed by atoms with E-state index in [-0.39, 0.29) is 19.3 Å². The summed E-state index contributed by atoms with van der Waals surface area (Å²) in [4.78, 5) is 58.7. The average Bonchev–Trinajstić information content (AvgIpc) is 0.906. The largest absolute Gasteiger partial charge is 0.472 e. The van der Waals surface area contributed by atoms with Crippen LogP contribution in [0.4, 0.5) is 0 Å². The van der Waals surface area contributed by atoms with Crippen LogP contribution in [0.25, 0.3) is 0 Å². The number of allylic oxidation sites excluding steroid dienone is 28. The molecule has 0 aromatic rings. The second kappa shape index (κ2) is 80.4. The lowest BCUT2D eigenvalue weighted by molar-refractivity contribution is -0.161. The van der Waals surface area contributed by atoms with Crippen molar-refractivity contribution in [3.63, 3.8) is 0 Å². The van der Waals surface area contributed by atoms with Crippen LogP contribution in [0.15, 0.2) is 170 Å². The summed E-state index contributed by atoms with van der Waals surface area (Å²) in [5.41, 5.74) is 0. The first kappa shape index (κ1) is 102. The third-order valence-electron chi connectivity index (χ3n) is 16.9. The van der Waals surface area contributed by atoms with Crippen molar-refractivity contribution >= 4 is 33.6 Å². The molecule has 16 nitrogen and oxygen atoms in total. The third kappa shape index (κ3) is 81.7. The number of phosphoric acid groups is 2. The third-order valence-corrected chi connectivity index (χ3v) is 18.8. The number of hydrogen-bond donors (Lipinski definition) is 4. The number of hydrogen-bond acceptors (Lipinski definition) is 14. The van der Waals surface area contributed by atoms with Gasteiger partial charge in [0.1, 0.15) is 25.4 Å². The van der Waals surface area contributed by atoms with E-state index < -0.39 is 91.5 Å². The molecule has 0 aromatic carbocycles. The van der Waals surface area contributed by atoms with Gasteiger partial charge >= 0.3 is 33.6 Å². The van der Waals surface area contributed by atoms with E-state index in [0.717, 1.165) is 173 Å². The number of rotatable bonds is 77. The monoisotopic (exact) mass is 1540 g/mol. The SMILES string of the molecule is CC/C=C\C/C=C\C/C=C\C/C=C\C/C=C\C/C=C\CCCCCCCCCCCCCCCCCCC(=O)OCC(O)COP(=O)(O)OCC(O)COP(=O)(O)OCC(COC(=O)CCCCCCC/C=C\C/C=C\C/C=C\C/C=C\C/C=C\CC)OC(=O)CCCCCCC/C=C\C/C=C\C/C=C\CC. The molecule has 4 N–H and O–H groups in total. The van der Waals surface area contributed by atoms with Crippen LogP contribution in [0, 0.1) is 0 Å². The summed E-state index contributed by atoms with van der Waals surface area (Å²) < 4.78 is 61.2. The van der Waals surface area contributed by atoms with E-state index in [9.17, 15) is 43.5 Å². The quantitative estimate of drug-likeness (QED) is 0.0146. The molecule has 0 amide bonds. The Morgan fingerprint density at radius 3 is 0.738 bits per heavy atom. The van der Waals surface area contributed by atoms with E-state index in [4.69, 9.17) is 32.3 Å².